The number of carbonyl (C=O) groups is 2. The topological polar surface area (TPSA) is 69.6 Å². The summed E-state index contributed by atoms with van der Waals surface area (Å²) in [6, 6.07) is -0.534. The van der Waals surface area contributed by atoms with Crippen molar-refractivity contribution in [3.8, 4) is 0 Å². The maximum Gasteiger partial charge on any atom is 0.317 e. The number of carbonyl (C=O) groups excluding carboxylic acids is 1. The van der Waals surface area contributed by atoms with E-state index in [2.05, 4.69) is 5.32 Å². The second-order valence-electron chi connectivity index (χ2n) is 4.50. The van der Waals surface area contributed by atoms with Gasteiger partial charge in [-0.2, -0.15) is 0 Å². The third-order valence-electron chi connectivity index (χ3n) is 2.93. The van der Waals surface area contributed by atoms with Crippen molar-refractivity contribution in [2.45, 2.75) is 39.0 Å². The van der Waals surface area contributed by atoms with Crippen LogP contribution in [-0.4, -0.2) is 48.6 Å². The average molecular weight is 280 g/mol. The van der Waals surface area contributed by atoms with Crippen molar-refractivity contribution in [2.24, 2.45) is 5.92 Å². The van der Waals surface area contributed by atoms with Crippen molar-refractivity contribution in [3.05, 3.63) is 0 Å². The van der Waals surface area contributed by atoms with Crippen LogP contribution >= 0.6 is 0 Å². The summed E-state index contributed by atoms with van der Waals surface area (Å²) in [4.78, 5) is 22.8. The van der Waals surface area contributed by atoms with Gasteiger partial charge in [-0.05, 0) is 18.8 Å². The summed E-state index contributed by atoms with van der Waals surface area (Å²) in [5.41, 5.74) is 0. The fourth-order valence-corrected chi connectivity index (χ4v) is 1.69. The van der Waals surface area contributed by atoms with Gasteiger partial charge in [0.1, 0.15) is 0 Å². The predicted octanol–water partition coefficient (Wildman–Crippen LogP) is 2.17. The Bertz CT molecular complexity index is 288. The number of alkyl halides is 2. The Labute approximate surface area is 112 Å². The smallest absolute Gasteiger partial charge is 0.317 e. The SMILES string of the molecule is CCC(CCNC(=O)N(C)CC(F)F)CCC(=O)O. The highest BCUT2D eigenvalue weighted by Crippen LogP contribution is 2.14. The van der Waals surface area contributed by atoms with Crippen LogP contribution in [0, 0.1) is 5.92 Å². The first kappa shape index (κ1) is 17.6. The molecule has 0 aliphatic rings. The second kappa shape index (κ2) is 9.52. The number of carboxylic acids is 1. The quantitative estimate of drug-likeness (QED) is 0.680. The van der Waals surface area contributed by atoms with Crippen LogP contribution in [0.2, 0.25) is 0 Å². The molecule has 0 rings (SSSR count). The molecule has 0 bridgehead atoms. The standard InChI is InChI=1S/C12H22F2N2O3/c1-3-9(4-5-11(17)18)6-7-15-12(19)16(2)8-10(13)14/h9-10H,3-8H2,1-2H3,(H,15,19)(H,17,18). The van der Waals surface area contributed by atoms with Gasteiger partial charge in [-0.3, -0.25) is 4.79 Å². The maximum absolute atomic E-state index is 12.0. The fourth-order valence-electron chi connectivity index (χ4n) is 1.69. The molecule has 2 amide bonds. The van der Waals surface area contributed by atoms with Gasteiger partial charge in [-0.1, -0.05) is 13.3 Å². The highest BCUT2D eigenvalue weighted by atomic mass is 19.3. The Morgan fingerprint density at radius 2 is 1.95 bits per heavy atom. The largest absolute Gasteiger partial charge is 0.481 e. The zero-order chi connectivity index (χ0) is 14.8. The van der Waals surface area contributed by atoms with Crippen LogP contribution < -0.4 is 5.32 Å². The normalized spacial score (nSPS) is 12.3. The molecule has 0 aromatic carbocycles. The lowest BCUT2D eigenvalue weighted by Gasteiger charge is -2.19. The minimum absolute atomic E-state index is 0.109. The van der Waals surface area contributed by atoms with E-state index in [0.717, 1.165) is 11.3 Å². The minimum Gasteiger partial charge on any atom is -0.481 e. The number of urea groups is 1. The number of amides is 2. The van der Waals surface area contributed by atoms with Crippen molar-refractivity contribution in [1.29, 1.82) is 0 Å². The maximum atomic E-state index is 12.0. The molecule has 5 nitrogen and oxygen atoms in total. The van der Waals surface area contributed by atoms with Crippen LogP contribution in [-0.2, 0) is 4.79 Å². The molecule has 0 fully saturated rings. The monoisotopic (exact) mass is 280 g/mol. The van der Waals surface area contributed by atoms with Crippen molar-refractivity contribution in [1.82, 2.24) is 10.2 Å². The molecule has 1 unspecified atom stereocenters. The van der Waals surface area contributed by atoms with Crippen molar-refractivity contribution >= 4 is 12.0 Å². The Kier molecular flexibility index (Phi) is 8.82. The molecule has 0 spiro atoms. The number of aliphatic carboxylic acids is 1. The van der Waals surface area contributed by atoms with Gasteiger partial charge >= 0.3 is 12.0 Å². The zero-order valence-corrected chi connectivity index (χ0v) is 11.4. The third-order valence-corrected chi connectivity index (χ3v) is 2.93. The summed E-state index contributed by atoms with van der Waals surface area (Å²) in [5, 5.41) is 11.1. The molecular formula is C12H22F2N2O3. The van der Waals surface area contributed by atoms with Gasteiger partial charge in [0.15, 0.2) is 0 Å². The Morgan fingerprint density at radius 1 is 1.32 bits per heavy atom. The van der Waals surface area contributed by atoms with E-state index in [9.17, 15) is 18.4 Å². The molecule has 1 atom stereocenters. The highest BCUT2D eigenvalue weighted by Gasteiger charge is 2.14. The fraction of sp³-hybridized carbons (Fsp3) is 0.833. The van der Waals surface area contributed by atoms with Crippen LogP contribution in [0.3, 0.4) is 0 Å². The minimum atomic E-state index is -2.55. The molecule has 0 saturated carbocycles. The van der Waals surface area contributed by atoms with E-state index >= 15 is 0 Å². The third kappa shape index (κ3) is 9.21. The van der Waals surface area contributed by atoms with Crippen LogP contribution in [0.5, 0.6) is 0 Å². The summed E-state index contributed by atoms with van der Waals surface area (Å²) in [7, 11) is 1.31. The van der Waals surface area contributed by atoms with Crippen LogP contribution in [0.15, 0.2) is 0 Å². The molecule has 0 radical (unpaired) electrons. The Hall–Kier alpha value is -1.40. The van der Waals surface area contributed by atoms with E-state index in [1.165, 1.54) is 7.05 Å². The van der Waals surface area contributed by atoms with Gasteiger partial charge in [0.25, 0.3) is 6.43 Å². The summed E-state index contributed by atoms with van der Waals surface area (Å²) in [6.07, 6.45) is -0.393. The van der Waals surface area contributed by atoms with Crippen LogP contribution in [0.1, 0.15) is 32.6 Å². The summed E-state index contributed by atoms with van der Waals surface area (Å²) < 4.78 is 24.1. The van der Waals surface area contributed by atoms with E-state index < -0.39 is 25.0 Å². The average Bonchev–Trinajstić information content (AvgIpc) is 2.31. The molecule has 0 aromatic rings. The van der Waals surface area contributed by atoms with Gasteiger partial charge < -0.3 is 15.3 Å². The number of hydrogen-bond donors (Lipinski definition) is 2. The summed E-state index contributed by atoms with van der Waals surface area (Å²) in [5.74, 6) is -0.615. The number of hydrogen-bond acceptors (Lipinski definition) is 2. The van der Waals surface area contributed by atoms with Gasteiger partial charge in [-0.15, -0.1) is 0 Å². The van der Waals surface area contributed by atoms with Crippen molar-refractivity contribution in [2.75, 3.05) is 20.1 Å². The Balaban J connectivity index is 3.86. The van der Waals surface area contributed by atoms with Gasteiger partial charge in [0.2, 0.25) is 0 Å². The summed E-state index contributed by atoms with van der Waals surface area (Å²) in [6.45, 7) is 1.73. The molecule has 0 aromatic heterocycles. The first-order chi connectivity index (χ1) is 8.86. The molecule has 2 N–H and O–H groups in total. The van der Waals surface area contributed by atoms with Crippen LogP contribution in [0.25, 0.3) is 0 Å². The second-order valence-corrected chi connectivity index (χ2v) is 4.50. The van der Waals surface area contributed by atoms with E-state index in [1.54, 1.807) is 0 Å². The van der Waals surface area contributed by atoms with Gasteiger partial charge in [0.05, 0.1) is 6.54 Å². The van der Waals surface area contributed by atoms with E-state index in [1.807, 2.05) is 6.92 Å². The molecule has 7 heteroatoms. The summed E-state index contributed by atoms with van der Waals surface area (Å²) >= 11 is 0. The molecule has 112 valence electrons. The van der Waals surface area contributed by atoms with Crippen molar-refractivity contribution < 1.29 is 23.5 Å². The highest BCUT2D eigenvalue weighted by molar-refractivity contribution is 5.73. The predicted molar refractivity (Wildman–Crippen MR) is 67.3 cm³/mol. The molecule has 0 aliphatic carbocycles. The first-order valence-electron chi connectivity index (χ1n) is 6.35. The zero-order valence-electron chi connectivity index (χ0n) is 11.4. The number of halogens is 2. The van der Waals surface area contributed by atoms with Gasteiger partial charge in [0, 0.05) is 20.0 Å². The van der Waals surface area contributed by atoms with E-state index in [0.29, 0.717) is 19.4 Å². The molecule has 0 aliphatic heterocycles. The lowest BCUT2D eigenvalue weighted by molar-refractivity contribution is -0.137. The first-order valence-corrected chi connectivity index (χ1v) is 6.35. The molecular weight excluding hydrogens is 258 g/mol. The molecule has 0 saturated heterocycles. The Morgan fingerprint density at radius 3 is 2.42 bits per heavy atom. The van der Waals surface area contributed by atoms with E-state index in [-0.39, 0.29) is 12.3 Å². The van der Waals surface area contributed by atoms with Crippen molar-refractivity contribution in [3.63, 3.8) is 0 Å². The number of nitrogens with zero attached hydrogens (tertiary/aromatic N) is 1. The lowest BCUT2D eigenvalue weighted by Crippen LogP contribution is -2.40. The lowest BCUT2D eigenvalue weighted by atomic mass is 9.97. The van der Waals surface area contributed by atoms with E-state index in [4.69, 9.17) is 5.11 Å². The van der Waals surface area contributed by atoms with Crippen LogP contribution in [0.4, 0.5) is 13.6 Å². The number of rotatable bonds is 9. The number of carboxylic acid groups (broad SMARTS) is 1. The number of nitrogens with one attached hydrogen (secondary N) is 1. The molecule has 19 heavy (non-hydrogen) atoms. The van der Waals surface area contributed by atoms with Gasteiger partial charge in [-0.25, -0.2) is 13.6 Å². The molecule has 0 heterocycles.